The Labute approximate surface area is 124 Å². The highest BCUT2D eigenvalue weighted by Gasteiger charge is 2.48. The lowest BCUT2D eigenvalue weighted by atomic mass is 10.1. The van der Waals surface area contributed by atoms with Gasteiger partial charge in [-0.2, -0.15) is 0 Å². The second kappa shape index (κ2) is 7.17. The molecule has 0 aromatic heterocycles. The van der Waals surface area contributed by atoms with Gasteiger partial charge in [0.05, 0.1) is 0 Å². The van der Waals surface area contributed by atoms with Crippen LogP contribution in [0.2, 0.25) is 0 Å². The monoisotopic (exact) mass is 300 g/mol. The van der Waals surface area contributed by atoms with Crippen LogP contribution < -0.4 is 21.3 Å². The molecule has 120 valence electrons. The summed E-state index contributed by atoms with van der Waals surface area (Å²) >= 11 is 0. The van der Waals surface area contributed by atoms with Crippen LogP contribution in [0.25, 0.3) is 0 Å². The first-order valence-corrected chi connectivity index (χ1v) is 7.32. The van der Waals surface area contributed by atoms with Crippen molar-refractivity contribution in [2.24, 2.45) is 0 Å². The number of carbonyl (C=O) groups is 2. The Morgan fingerprint density at radius 2 is 1.19 bits per heavy atom. The number of hydrogen-bond donors (Lipinski definition) is 4. The summed E-state index contributed by atoms with van der Waals surface area (Å²) in [4.78, 5) is 24.3. The lowest BCUT2D eigenvalue weighted by molar-refractivity contribution is -0.159. The zero-order valence-corrected chi connectivity index (χ0v) is 12.5. The molecular formula is C13H24N4O4. The first-order valence-electron chi connectivity index (χ1n) is 7.32. The average Bonchev–Trinajstić information content (AvgIpc) is 2.76. The largest absolute Gasteiger partial charge is 0.352 e. The van der Waals surface area contributed by atoms with E-state index in [0.717, 1.165) is 13.1 Å². The smallest absolute Gasteiger partial charge is 0.252 e. The molecule has 4 N–H and O–H groups in total. The number of rotatable bonds is 0. The van der Waals surface area contributed by atoms with Gasteiger partial charge in [-0.25, -0.2) is 0 Å². The number of amides is 2. The van der Waals surface area contributed by atoms with Gasteiger partial charge in [-0.3, -0.25) is 9.59 Å². The van der Waals surface area contributed by atoms with Gasteiger partial charge in [-0.15, -0.1) is 0 Å². The minimum Gasteiger partial charge on any atom is -0.352 e. The minimum atomic E-state index is -0.950. The minimum absolute atomic E-state index is 0.322. The molecule has 0 radical (unpaired) electrons. The number of carbonyl (C=O) groups excluding carboxylic acids is 2. The maximum absolute atomic E-state index is 12.2. The maximum atomic E-state index is 12.2. The molecule has 0 spiro atoms. The summed E-state index contributed by atoms with van der Waals surface area (Å²) < 4.78 is 11.1. The predicted molar refractivity (Wildman–Crippen MR) is 75.6 cm³/mol. The van der Waals surface area contributed by atoms with Crippen molar-refractivity contribution in [3.63, 3.8) is 0 Å². The van der Waals surface area contributed by atoms with Crippen LogP contribution >= 0.6 is 0 Å². The lowest BCUT2D eigenvalue weighted by Gasteiger charge is -2.17. The second-order valence-electron chi connectivity index (χ2n) is 5.56. The van der Waals surface area contributed by atoms with Gasteiger partial charge < -0.3 is 30.7 Å². The Hall–Kier alpha value is -1.22. The number of ether oxygens (including phenoxy) is 2. The molecule has 2 amide bonds. The van der Waals surface area contributed by atoms with E-state index in [1.54, 1.807) is 13.8 Å². The molecule has 2 rings (SSSR count). The molecule has 0 bridgehead atoms. The van der Waals surface area contributed by atoms with Crippen LogP contribution in [0, 0.1) is 0 Å². The van der Waals surface area contributed by atoms with Crippen molar-refractivity contribution in [1.29, 1.82) is 0 Å². The fourth-order valence-electron chi connectivity index (χ4n) is 2.32. The summed E-state index contributed by atoms with van der Waals surface area (Å²) in [5, 5.41) is 11.9. The Balaban J connectivity index is 2.03. The van der Waals surface area contributed by atoms with Crippen LogP contribution in [0.3, 0.4) is 0 Å². The Morgan fingerprint density at radius 3 is 1.62 bits per heavy atom. The van der Waals surface area contributed by atoms with Crippen LogP contribution in [0.1, 0.15) is 13.8 Å². The lowest BCUT2D eigenvalue weighted by Crippen LogP contribution is -2.50. The topological polar surface area (TPSA) is 101 Å². The third-order valence-corrected chi connectivity index (χ3v) is 3.29. The first-order chi connectivity index (χ1) is 9.99. The van der Waals surface area contributed by atoms with E-state index >= 15 is 0 Å². The van der Waals surface area contributed by atoms with E-state index < -0.39 is 18.0 Å². The first kappa shape index (κ1) is 16.2. The number of fused-ring (bicyclic) bond motifs is 1. The van der Waals surface area contributed by atoms with Gasteiger partial charge >= 0.3 is 0 Å². The molecule has 0 aromatic rings. The fraction of sp³-hybridized carbons (Fsp3) is 0.846. The van der Waals surface area contributed by atoms with Gasteiger partial charge in [0.25, 0.3) is 11.8 Å². The van der Waals surface area contributed by atoms with Crippen molar-refractivity contribution in [3.8, 4) is 0 Å². The molecule has 2 heterocycles. The van der Waals surface area contributed by atoms with E-state index in [2.05, 4.69) is 21.3 Å². The van der Waals surface area contributed by atoms with E-state index in [-0.39, 0.29) is 11.8 Å². The molecule has 2 aliphatic rings. The van der Waals surface area contributed by atoms with Gasteiger partial charge in [0.15, 0.2) is 18.0 Å². The van der Waals surface area contributed by atoms with E-state index in [1.807, 2.05) is 0 Å². The summed E-state index contributed by atoms with van der Waals surface area (Å²) in [6, 6.07) is 0. The Bertz CT molecular complexity index is 354. The van der Waals surface area contributed by atoms with Crippen LogP contribution in [0.4, 0.5) is 0 Å². The highest BCUT2D eigenvalue weighted by atomic mass is 16.8. The summed E-state index contributed by atoms with van der Waals surface area (Å²) in [5.41, 5.74) is 0. The maximum Gasteiger partial charge on any atom is 0.252 e. The number of nitrogens with one attached hydrogen (secondary N) is 4. The van der Waals surface area contributed by atoms with Crippen LogP contribution in [0.15, 0.2) is 0 Å². The van der Waals surface area contributed by atoms with Gasteiger partial charge in [0, 0.05) is 39.3 Å². The predicted octanol–water partition coefficient (Wildman–Crippen LogP) is -2.07. The molecular weight excluding hydrogens is 276 g/mol. The molecule has 21 heavy (non-hydrogen) atoms. The second-order valence-corrected chi connectivity index (χ2v) is 5.56. The highest BCUT2D eigenvalue weighted by molar-refractivity contribution is 5.91. The normalized spacial score (nSPS) is 31.7. The zero-order valence-electron chi connectivity index (χ0n) is 12.5. The fourth-order valence-corrected chi connectivity index (χ4v) is 2.32. The Morgan fingerprint density at radius 1 is 0.810 bits per heavy atom. The summed E-state index contributed by atoms with van der Waals surface area (Å²) in [6.07, 6.45) is -1.84. The molecule has 2 fully saturated rings. The third-order valence-electron chi connectivity index (χ3n) is 3.29. The van der Waals surface area contributed by atoms with Gasteiger partial charge in [-0.05, 0) is 13.8 Å². The molecule has 2 aliphatic heterocycles. The van der Waals surface area contributed by atoms with Crippen molar-refractivity contribution < 1.29 is 19.1 Å². The highest BCUT2D eigenvalue weighted by Crippen LogP contribution is 2.28. The van der Waals surface area contributed by atoms with Crippen LogP contribution in [-0.4, -0.2) is 69.1 Å². The molecule has 0 saturated carbocycles. The molecule has 8 heteroatoms. The third kappa shape index (κ3) is 4.63. The summed E-state index contributed by atoms with van der Waals surface area (Å²) in [5.74, 6) is -1.59. The average molecular weight is 300 g/mol. The molecule has 0 unspecified atom stereocenters. The summed E-state index contributed by atoms with van der Waals surface area (Å²) in [7, 11) is 0. The van der Waals surface area contributed by atoms with E-state index in [9.17, 15) is 9.59 Å². The quantitative estimate of drug-likeness (QED) is 0.410. The van der Waals surface area contributed by atoms with E-state index in [4.69, 9.17) is 9.47 Å². The Kier molecular flexibility index (Phi) is 5.51. The van der Waals surface area contributed by atoms with Crippen molar-refractivity contribution >= 4 is 11.8 Å². The van der Waals surface area contributed by atoms with Crippen molar-refractivity contribution in [2.45, 2.75) is 31.8 Å². The van der Waals surface area contributed by atoms with Crippen molar-refractivity contribution in [1.82, 2.24) is 21.3 Å². The zero-order chi connectivity index (χ0) is 15.3. The standard InChI is InChI=1S/C13H24N4O4/c1-13(2)20-9-10(21-13)12(19)17-8-6-15-4-3-14-5-7-16-11(9)18/h9-10,14-15H,3-8H2,1-2H3,(H,16,18)(H,17,19)/t9-,10-/m1/s1. The van der Waals surface area contributed by atoms with Gasteiger partial charge in [-0.1, -0.05) is 0 Å². The SMILES string of the molecule is CC1(C)O[C@H]2C(=O)NCCNCCNCCNC(=O)[C@@H]2O1. The summed E-state index contributed by atoms with van der Waals surface area (Å²) in [6.45, 7) is 7.30. The van der Waals surface area contributed by atoms with Crippen LogP contribution in [0.5, 0.6) is 0 Å². The molecule has 0 aliphatic carbocycles. The van der Waals surface area contributed by atoms with Crippen LogP contribution in [-0.2, 0) is 19.1 Å². The molecule has 2 saturated heterocycles. The van der Waals surface area contributed by atoms with Gasteiger partial charge in [0.1, 0.15) is 0 Å². The van der Waals surface area contributed by atoms with Crippen molar-refractivity contribution in [3.05, 3.63) is 0 Å². The van der Waals surface area contributed by atoms with E-state index in [0.29, 0.717) is 26.2 Å². The van der Waals surface area contributed by atoms with E-state index in [1.165, 1.54) is 0 Å². The molecule has 2 atom stereocenters. The van der Waals surface area contributed by atoms with Gasteiger partial charge in [0.2, 0.25) is 0 Å². The number of hydrogen-bond acceptors (Lipinski definition) is 6. The van der Waals surface area contributed by atoms with Crippen molar-refractivity contribution in [2.75, 3.05) is 39.3 Å². The molecule has 0 aromatic carbocycles. The molecule has 8 nitrogen and oxygen atoms in total.